The highest BCUT2D eigenvalue weighted by Gasteiger charge is 2.23. The third-order valence-electron chi connectivity index (χ3n) is 4.02. The van der Waals surface area contributed by atoms with Crippen LogP contribution in [0, 0.1) is 11.8 Å². The number of nitrogens with one attached hydrogen (secondary N) is 1. The van der Waals surface area contributed by atoms with Crippen molar-refractivity contribution in [2.24, 2.45) is 11.8 Å². The summed E-state index contributed by atoms with van der Waals surface area (Å²) in [7, 11) is 0. The summed E-state index contributed by atoms with van der Waals surface area (Å²) < 4.78 is 0. The average molecular weight is 321 g/mol. The van der Waals surface area contributed by atoms with Gasteiger partial charge in [0.25, 0.3) is 0 Å². The van der Waals surface area contributed by atoms with Crippen LogP contribution in [-0.2, 0) is 6.54 Å². The molecule has 1 aliphatic carbocycles. The molecule has 0 aromatic heterocycles. The molecule has 0 radical (unpaired) electrons. The molecule has 0 bridgehead atoms. The maximum atomic E-state index is 6.18. The van der Waals surface area contributed by atoms with E-state index in [9.17, 15) is 0 Å². The van der Waals surface area contributed by atoms with Crippen molar-refractivity contribution in [2.75, 3.05) is 12.4 Å². The second-order valence-electron chi connectivity index (χ2n) is 5.30. The minimum atomic E-state index is 0.622. The first-order chi connectivity index (χ1) is 9.22. The minimum Gasteiger partial charge on any atom is -0.312 e. The molecule has 4 heteroatoms. The first kappa shape index (κ1) is 15.4. The van der Waals surface area contributed by atoms with Crippen LogP contribution in [-0.4, -0.2) is 12.4 Å². The monoisotopic (exact) mass is 319 g/mol. The van der Waals surface area contributed by atoms with Gasteiger partial charge in [0.1, 0.15) is 0 Å². The fourth-order valence-electron chi connectivity index (χ4n) is 2.83. The van der Waals surface area contributed by atoms with E-state index in [4.69, 9.17) is 34.8 Å². The summed E-state index contributed by atoms with van der Waals surface area (Å²) in [6.45, 7) is 1.78. The lowest BCUT2D eigenvalue weighted by Gasteiger charge is -2.30. The summed E-state index contributed by atoms with van der Waals surface area (Å²) in [5.41, 5.74) is 1.06. The minimum absolute atomic E-state index is 0.622. The first-order valence-electron chi connectivity index (χ1n) is 6.92. The highest BCUT2D eigenvalue weighted by Crippen LogP contribution is 2.30. The van der Waals surface area contributed by atoms with Gasteiger partial charge in [-0.3, -0.25) is 0 Å². The van der Waals surface area contributed by atoms with Gasteiger partial charge in [0.2, 0.25) is 0 Å². The van der Waals surface area contributed by atoms with Gasteiger partial charge >= 0.3 is 0 Å². The molecular weight excluding hydrogens is 301 g/mol. The Labute approximate surface area is 130 Å². The predicted octanol–water partition coefficient (Wildman–Crippen LogP) is 5.13. The van der Waals surface area contributed by atoms with Crippen molar-refractivity contribution in [1.29, 1.82) is 0 Å². The Kier molecular flexibility index (Phi) is 6.28. The Bertz CT molecular complexity index is 408. The second-order valence-corrected chi connectivity index (χ2v) is 6.40. The zero-order valence-electron chi connectivity index (χ0n) is 11.0. The van der Waals surface area contributed by atoms with E-state index >= 15 is 0 Å². The zero-order valence-corrected chi connectivity index (χ0v) is 13.2. The van der Waals surface area contributed by atoms with E-state index in [1.54, 1.807) is 0 Å². The lowest BCUT2D eigenvalue weighted by atomic mass is 9.80. The largest absolute Gasteiger partial charge is 0.312 e. The molecule has 0 spiro atoms. The Hall–Kier alpha value is 0.0500. The smallest absolute Gasteiger partial charge is 0.0637 e. The number of hydrogen-bond donors (Lipinski definition) is 1. The summed E-state index contributed by atoms with van der Waals surface area (Å²) in [5.74, 6) is 2.14. The molecule has 2 unspecified atom stereocenters. The van der Waals surface area contributed by atoms with Crippen LogP contribution in [0.1, 0.15) is 31.2 Å². The lowest BCUT2D eigenvalue weighted by Crippen LogP contribution is -2.31. The van der Waals surface area contributed by atoms with Gasteiger partial charge in [0, 0.05) is 12.4 Å². The first-order valence-corrected chi connectivity index (χ1v) is 8.21. The molecule has 2 atom stereocenters. The number of halogens is 3. The molecule has 1 aliphatic rings. The van der Waals surface area contributed by atoms with Crippen molar-refractivity contribution < 1.29 is 0 Å². The lowest BCUT2D eigenvalue weighted by molar-refractivity contribution is 0.250. The van der Waals surface area contributed by atoms with Crippen LogP contribution in [0.15, 0.2) is 18.2 Å². The Morgan fingerprint density at radius 3 is 2.58 bits per heavy atom. The topological polar surface area (TPSA) is 12.0 Å². The summed E-state index contributed by atoms with van der Waals surface area (Å²) in [5, 5.41) is 4.79. The van der Waals surface area contributed by atoms with Gasteiger partial charge in [-0.15, -0.1) is 11.6 Å². The van der Waals surface area contributed by atoms with Crippen LogP contribution in [0.3, 0.4) is 0 Å². The quantitative estimate of drug-likeness (QED) is 0.742. The number of hydrogen-bond acceptors (Lipinski definition) is 1. The third-order valence-corrected chi connectivity index (χ3v) is 5.27. The fourth-order valence-corrected chi connectivity index (χ4v) is 3.63. The molecule has 1 N–H and O–H groups in total. The Balaban J connectivity index is 1.84. The second kappa shape index (κ2) is 7.73. The molecule has 0 aliphatic heterocycles. The van der Waals surface area contributed by atoms with Gasteiger partial charge in [-0.05, 0) is 42.9 Å². The van der Waals surface area contributed by atoms with Crippen LogP contribution in [0.25, 0.3) is 0 Å². The van der Waals surface area contributed by atoms with Crippen LogP contribution >= 0.6 is 34.8 Å². The number of benzene rings is 1. The molecule has 1 fully saturated rings. The molecule has 1 aromatic carbocycles. The van der Waals surface area contributed by atoms with Gasteiger partial charge in [0.05, 0.1) is 10.0 Å². The molecule has 1 aromatic rings. The van der Waals surface area contributed by atoms with E-state index in [1.807, 2.05) is 18.2 Å². The molecule has 0 amide bonds. The van der Waals surface area contributed by atoms with Gasteiger partial charge in [-0.25, -0.2) is 0 Å². The molecule has 2 rings (SSSR count). The highest BCUT2D eigenvalue weighted by atomic mass is 35.5. The summed E-state index contributed by atoms with van der Waals surface area (Å²) >= 11 is 18.2. The van der Waals surface area contributed by atoms with Crippen LogP contribution < -0.4 is 5.32 Å². The van der Waals surface area contributed by atoms with Crippen molar-refractivity contribution in [3.05, 3.63) is 33.8 Å². The summed E-state index contributed by atoms with van der Waals surface area (Å²) in [4.78, 5) is 0. The van der Waals surface area contributed by atoms with E-state index in [0.717, 1.165) is 24.5 Å². The number of rotatable bonds is 5. The third kappa shape index (κ3) is 4.26. The van der Waals surface area contributed by atoms with E-state index in [2.05, 4.69) is 5.32 Å². The predicted molar refractivity (Wildman–Crippen MR) is 84.3 cm³/mol. The summed E-state index contributed by atoms with van der Waals surface area (Å²) in [6.07, 6.45) is 5.22. The standard InChI is InChI=1S/C15H20Cl3N/c16-8-11-4-1-2-5-12(11)9-19-10-13-6-3-7-14(17)15(13)18/h3,6-7,11-12,19H,1-2,4-5,8-10H2. The van der Waals surface area contributed by atoms with Crippen LogP contribution in [0.2, 0.25) is 10.0 Å². The van der Waals surface area contributed by atoms with Crippen molar-refractivity contribution in [3.8, 4) is 0 Å². The van der Waals surface area contributed by atoms with Crippen LogP contribution in [0.4, 0.5) is 0 Å². The number of alkyl halides is 1. The average Bonchev–Trinajstić information content (AvgIpc) is 2.44. The van der Waals surface area contributed by atoms with Gasteiger partial charge in [-0.1, -0.05) is 48.2 Å². The maximum Gasteiger partial charge on any atom is 0.0637 e. The van der Waals surface area contributed by atoms with E-state index in [0.29, 0.717) is 21.9 Å². The molecule has 106 valence electrons. The summed E-state index contributed by atoms with van der Waals surface area (Å²) in [6, 6.07) is 5.77. The van der Waals surface area contributed by atoms with Crippen molar-refractivity contribution >= 4 is 34.8 Å². The Morgan fingerprint density at radius 1 is 1.11 bits per heavy atom. The van der Waals surface area contributed by atoms with Gasteiger partial charge in [0.15, 0.2) is 0 Å². The normalized spacial score (nSPS) is 23.5. The van der Waals surface area contributed by atoms with E-state index in [1.165, 1.54) is 25.7 Å². The molecule has 0 saturated heterocycles. The maximum absolute atomic E-state index is 6.18. The van der Waals surface area contributed by atoms with Crippen molar-refractivity contribution in [3.63, 3.8) is 0 Å². The Morgan fingerprint density at radius 2 is 1.84 bits per heavy atom. The molecule has 1 saturated carbocycles. The molecule has 0 heterocycles. The van der Waals surface area contributed by atoms with Gasteiger partial charge < -0.3 is 5.32 Å². The van der Waals surface area contributed by atoms with E-state index < -0.39 is 0 Å². The van der Waals surface area contributed by atoms with Crippen LogP contribution in [0.5, 0.6) is 0 Å². The molecular formula is C15H20Cl3N. The van der Waals surface area contributed by atoms with Gasteiger partial charge in [-0.2, -0.15) is 0 Å². The van der Waals surface area contributed by atoms with E-state index in [-0.39, 0.29) is 0 Å². The van der Waals surface area contributed by atoms with Crippen molar-refractivity contribution in [2.45, 2.75) is 32.2 Å². The molecule has 1 nitrogen and oxygen atoms in total. The van der Waals surface area contributed by atoms with Crippen molar-refractivity contribution in [1.82, 2.24) is 5.32 Å². The highest BCUT2D eigenvalue weighted by molar-refractivity contribution is 6.42. The molecule has 19 heavy (non-hydrogen) atoms. The SMILES string of the molecule is ClCC1CCCCC1CNCc1cccc(Cl)c1Cl. The zero-order chi connectivity index (χ0) is 13.7. The fraction of sp³-hybridized carbons (Fsp3) is 0.600.